The summed E-state index contributed by atoms with van der Waals surface area (Å²) in [5.74, 6) is 0.833. The van der Waals surface area contributed by atoms with Gasteiger partial charge in [0.05, 0.1) is 6.04 Å². The van der Waals surface area contributed by atoms with Crippen LogP contribution in [-0.4, -0.2) is 51.8 Å². The number of aromatic carboxylic acids is 1. The zero-order valence-electron chi connectivity index (χ0n) is 14.5. The van der Waals surface area contributed by atoms with Gasteiger partial charge >= 0.3 is 5.97 Å². The van der Waals surface area contributed by atoms with Gasteiger partial charge in [0.2, 0.25) is 5.91 Å². The number of carboxylic acid groups (broad SMARTS) is 1. The summed E-state index contributed by atoms with van der Waals surface area (Å²) in [5.41, 5.74) is 0.0532. The molecule has 0 spiro atoms. The van der Waals surface area contributed by atoms with E-state index in [0.717, 1.165) is 6.42 Å². The Balaban J connectivity index is 1.34. The number of benzene rings is 1. The number of thioether (sulfide) groups is 1. The highest BCUT2D eigenvalue weighted by Crippen LogP contribution is 2.50. The van der Waals surface area contributed by atoms with Crippen molar-refractivity contribution in [2.45, 2.75) is 16.8 Å². The van der Waals surface area contributed by atoms with Gasteiger partial charge in [-0.05, 0) is 30.5 Å². The van der Waals surface area contributed by atoms with E-state index in [4.69, 9.17) is 33.0 Å². The average Bonchev–Trinajstić information content (AvgIpc) is 3.19. The second kappa shape index (κ2) is 8.10. The van der Waals surface area contributed by atoms with E-state index < -0.39 is 5.97 Å². The summed E-state index contributed by atoms with van der Waals surface area (Å²) in [4.78, 5) is 29.4. The van der Waals surface area contributed by atoms with Gasteiger partial charge in [-0.3, -0.25) is 4.79 Å². The second-order valence-corrected chi connectivity index (χ2v) is 9.75. The van der Waals surface area contributed by atoms with E-state index in [1.807, 2.05) is 4.90 Å². The molecule has 1 aliphatic carbocycles. The number of carbonyl (C=O) groups excluding carboxylic acids is 1. The number of amides is 1. The summed E-state index contributed by atoms with van der Waals surface area (Å²) in [6.07, 6.45) is 0.918. The number of carboxylic acids is 1. The highest BCUT2D eigenvalue weighted by Gasteiger charge is 2.58. The van der Waals surface area contributed by atoms with Crippen molar-refractivity contribution < 1.29 is 19.4 Å². The fraction of sp³-hybridized carbons (Fsp3) is 0.389. The number of halogens is 2. The van der Waals surface area contributed by atoms with Crippen LogP contribution in [0.25, 0.3) is 0 Å². The molecular weight excluding hydrogens is 443 g/mol. The van der Waals surface area contributed by atoms with E-state index in [-0.39, 0.29) is 23.6 Å². The first-order chi connectivity index (χ1) is 13.4. The zero-order chi connectivity index (χ0) is 19.8. The largest absolute Gasteiger partial charge is 0.491 e. The summed E-state index contributed by atoms with van der Waals surface area (Å²) in [5, 5.41) is 11.5. The smallest absolute Gasteiger partial charge is 0.355 e. The number of thiazole rings is 1. The third-order valence-electron chi connectivity index (χ3n) is 4.85. The summed E-state index contributed by atoms with van der Waals surface area (Å²) < 4.78 is 6.57. The van der Waals surface area contributed by atoms with Crippen LogP contribution < -0.4 is 4.74 Å². The lowest BCUT2D eigenvalue weighted by molar-refractivity contribution is -0.131. The quantitative estimate of drug-likeness (QED) is 0.597. The molecule has 10 heteroatoms. The number of carbonyl (C=O) groups is 2. The van der Waals surface area contributed by atoms with Crippen molar-refractivity contribution in [3.05, 3.63) is 39.3 Å². The molecule has 1 unspecified atom stereocenters. The lowest BCUT2D eigenvalue weighted by Gasteiger charge is -2.27. The Morgan fingerprint density at radius 2 is 2.11 bits per heavy atom. The molecule has 2 aliphatic rings. The first-order valence-corrected chi connectivity index (χ1v) is 11.3. The van der Waals surface area contributed by atoms with Gasteiger partial charge in [-0.25, -0.2) is 9.78 Å². The Morgan fingerprint density at radius 3 is 2.79 bits per heavy atom. The van der Waals surface area contributed by atoms with Gasteiger partial charge in [0.15, 0.2) is 10.0 Å². The molecule has 1 aliphatic heterocycles. The van der Waals surface area contributed by atoms with Crippen LogP contribution in [0.5, 0.6) is 5.75 Å². The van der Waals surface area contributed by atoms with E-state index in [9.17, 15) is 9.59 Å². The number of hydrogen-bond donors (Lipinski definition) is 1. The Morgan fingerprint density at radius 1 is 1.36 bits per heavy atom. The molecule has 2 aromatic rings. The van der Waals surface area contributed by atoms with E-state index in [1.54, 1.807) is 18.2 Å². The topological polar surface area (TPSA) is 79.7 Å². The molecule has 3 atom stereocenters. The van der Waals surface area contributed by atoms with Crippen molar-refractivity contribution in [1.29, 1.82) is 0 Å². The molecule has 1 N–H and O–H groups in total. The monoisotopic (exact) mass is 458 g/mol. The van der Waals surface area contributed by atoms with E-state index in [1.165, 1.54) is 28.5 Å². The van der Waals surface area contributed by atoms with Gasteiger partial charge in [-0.15, -0.1) is 11.3 Å². The molecular formula is C18H16Cl2N2O4S2. The molecule has 4 rings (SSSR count). The maximum absolute atomic E-state index is 12.5. The Labute approximate surface area is 179 Å². The predicted molar refractivity (Wildman–Crippen MR) is 109 cm³/mol. The molecule has 0 bridgehead atoms. The lowest BCUT2D eigenvalue weighted by Crippen LogP contribution is -2.41. The minimum absolute atomic E-state index is 0.0294. The van der Waals surface area contributed by atoms with Crippen LogP contribution >= 0.6 is 46.3 Å². The third kappa shape index (κ3) is 4.25. The van der Waals surface area contributed by atoms with Gasteiger partial charge in [-0.2, -0.15) is 0 Å². The number of rotatable bonds is 8. The molecule has 1 aromatic carbocycles. The minimum Gasteiger partial charge on any atom is -0.491 e. The van der Waals surface area contributed by atoms with E-state index in [2.05, 4.69) is 4.98 Å². The molecule has 1 amide bonds. The summed E-state index contributed by atoms with van der Waals surface area (Å²) in [7, 11) is 0. The Bertz CT molecular complexity index is 902. The van der Waals surface area contributed by atoms with Crippen LogP contribution in [-0.2, 0) is 4.79 Å². The average molecular weight is 459 g/mol. The number of ether oxygens (including phenoxy) is 1. The van der Waals surface area contributed by atoms with Crippen LogP contribution in [0, 0.1) is 11.8 Å². The zero-order valence-corrected chi connectivity index (χ0v) is 17.7. The molecule has 28 heavy (non-hydrogen) atoms. The fourth-order valence-corrected chi connectivity index (χ4v) is 5.78. The minimum atomic E-state index is -1.03. The highest BCUT2D eigenvalue weighted by molar-refractivity contribution is 8.01. The summed E-state index contributed by atoms with van der Waals surface area (Å²) in [6.45, 7) is 0.970. The maximum atomic E-state index is 12.5. The number of hydrogen-bond acceptors (Lipinski definition) is 6. The van der Waals surface area contributed by atoms with Gasteiger partial charge in [0.1, 0.15) is 12.4 Å². The fourth-order valence-electron chi connectivity index (χ4n) is 3.47. The standard InChI is InChI=1S/C18H16Cl2N2O4S2/c19-9-3-10(20)5-11(4-9)26-7-15-12-6-13(12)16(23)22(15)1-2-27-18-21-14(8-28-18)17(24)25/h3-5,8,12-13,15H,1-2,6-7H2,(H,24,25)/t12?,13-,15-/m0/s1. The molecule has 0 radical (unpaired) electrons. The van der Waals surface area contributed by atoms with Crippen molar-refractivity contribution in [3.8, 4) is 5.75 Å². The van der Waals surface area contributed by atoms with Crippen molar-refractivity contribution in [2.75, 3.05) is 18.9 Å². The van der Waals surface area contributed by atoms with Crippen molar-refractivity contribution >= 4 is 58.2 Å². The van der Waals surface area contributed by atoms with Gasteiger partial charge in [-0.1, -0.05) is 35.0 Å². The first kappa shape index (κ1) is 19.8. The van der Waals surface area contributed by atoms with Gasteiger partial charge < -0.3 is 14.7 Å². The predicted octanol–water partition coefficient (Wildman–Crippen LogP) is 4.17. The van der Waals surface area contributed by atoms with E-state index in [0.29, 0.717) is 45.0 Å². The summed E-state index contributed by atoms with van der Waals surface area (Å²) in [6, 6.07) is 5.08. The number of piperidine rings is 1. The number of fused-ring (bicyclic) bond motifs is 1. The lowest BCUT2D eigenvalue weighted by atomic mass is 10.2. The second-order valence-electron chi connectivity index (χ2n) is 6.67. The molecule has 1 saturated carbocycles. The Kier molecular flexibility index (Phi) is 5.73. The SMILES string of the molecule is O=C(O)c1csc(SCCN2C(=O)[C@H]3CC3[C@@H]2COc2cc(Cl)cc(Cl)c2)n1. The van der Waals surface area contributed by atoms with Crippen LogP contribution in [0.4, 0.5) is 0 Å². The number of nitrogens with zero attached hydrogens (tertiary/aromatic N) is 2. The highest BCUT2D eigenvalue weighted by atomic mass is 35.5. The first-order valence-electron chi connectivity index (χ1n) is 8.63. The number of aromatic nitrogens is 1. The van der Waals surface area contributed by atoms with Crippen LogP contribution in [0.15, 0.2) is 27.9 Å². The third-order valence-corrected chi connectivity index (χ3v) is 7.29. The van der Waals surface area contributed by atoms with Crippen molar-refractivity contribution in [1.82, 2.24) is 9.88 Å². The molecule has 1 saturated heterocycles. The van der Waals surface area contributed by atoms with Gasteiger partial charge in [0, 0.05) is 33.6 Å². The normalized spacial score (nSPS) is 23.0. The molecule has 1 aromatic heterocycles. The molecule has 2 heterocycles. The van der Waals surface area contributed by atoms with E-state index >= 15 is 0 Å². The maximum Gasteiger partial charge on any atom is 0.355 e. The van der Waals surface area contributed by atoms with Crippen molar-refractivity contribution in [3.63, 3.8) is 0 Å². The van der Waals surface area contributed by atoms with Crippen LogP contribution in [0.3, 0.4) is 0 Å². The van der Waals surface area contributed by atoms with Crippen LogP contribution in [0.1, 0.15) is 16.9 Å². The molecule has 2 fully saturated rings. The van der Waals surface area contributed by atoms with Gasteiger partial charge in [0.25, 0.3) is 0 Å². The van der Waals surface area contributed by atoms with Crippen LogP contribution in [0.2, 0.25) is 10.0 Å². The number of likely N-dealkylation sites (tertiary alicyclic amines) is 1. The summed E-state index contributed by atoms with van der Waals surface area (Å²) >= 11 is 14.8. The molecule has 6 nitrogen and oxygen atoms in total. The molecule has 148 valence electrons. The van der Waals surface area contributed by atoms with Crippen molar-refractivity contribution in [2.24, 2.45) is 11.8 Å². The Hall–Kier alpha value is -1.48.